The Bertz CT molecular complexity index is 1690. The van der Waals surface area contributed by atoms with Crippen LogP contribution in [-0.2, 0) is 15.3 Å². The van der Waals surface area contributed by atoms with Crippen LogP contribution in [0.4, 0.5) is 5.13 Å². The van der Waals surface area contributed by atoms with Crippen molar-refractivity contribution in [2.45, 2.75) is 16.1 Å². The summed E-state index contributed by atoms with van der Waals surface area (Å²) in [5.74, 6) is 0.194. The largest absolute Gasteiger partial charge is 0.507 e. The van der Waals surface area contributed by atoms with Gasteiger partial charge in [-0.25, -0.2) is 0 Å². The number of anilines is 1. The Hall–Kier alpha value is -4.61. The average molecular weight is 600 g/mol. The molecule has 3 heterocycles. The van der Waals surface area contributed by atoms with E-state index in [0.717, 1.165) is 5.56 Å². The zero-order chi connectivity index (χ0) is 29.1. The van der Waals surface area contributed by atoms with Crippen LogP contribution in [0.2, 0.25) is 0 Å². The molecule has 0 saturated carbocycles. The third-order valence-corrected chi connectivity index (χ3v) is 8.74. The molecule has 1 amide bonds. The molecule has 0 aliphatic carbocycles. The van der Waals surface area contributed by atoms with Gasteiger partial charge in [-0.05, 0) is 41.5 Å². The number of fused-ring (bicyclic) bond motifs is 1. The van der Waals surface area contributed by atoms with Gasteiger partial charge < -0.3 is 19.3 Å². The Kier molecular flexibility index (Phi) is 7.93. The highest BCUT2D eigenvalue weighted by atomic mass is 32.2. The molecule has 0 spiro atoms. The van der Waals surface area contributed by atoms with E-state index in [2.05, 4.69) is 16.8 Å². The number of aliphatic hydroxyl groups excluding tert-OH is 1. The molecule has 1 N–H and O–H groups in total. The SMILES string of the molecule is C=CCOc1cccc(C2/C(=C(\O)c3ccc4c(c3)OCCO4)C(=O)C(=O)N2c2nnc(SCc3ccccc3)s2)c1. The second kappa shape index (κ2) is 12.1. The van der Waals surface area contributed by atoms with Crippen LogP contribution in [-0.4, -0.2) is 46.8 Å². The molecule has 2 aliphatic heterocycles. The molecule has 212 valence electrons. The number of rotatable bonds is 9. The second-order valence-corrected chi connectivity index (χ2v) is 11.5. The van der Waals surface area contributed by atoms with Gasteiger partial charge in [-0.15, -0.1) is 10.2 Å². The van der Waals surface area contributed by atoms with E-state index >= 15 is 0 Å². The highest BCUT2D eigenvalue weighted by molar-refractivity contribution is 8.00. The highest BCUT2D eigenvalue weighted by Gasteiger charge is 2.48. The van der Waals surface area contributed by atoms with Gasteiger partial charge in [0, 0.05) is 11.3 Å². The standard InChI is InChI=1S/C31H25N3O6S2/c1-2-13-38-22-10-6-9-20(16-22)26-25(27(35)21-11-12-23-24(17-21)40-15-14-39-23)28(36)29(37)34(26)30-32-33-31(42-30)41-18-19-7-4-3-5-8-19/h2-12,16-17,26,35H,1,13-15,18H2/b27-25+. The van der Waals surface area contributed by atoms with Crippen molar-refractivity contribution in [2.24, 2.45) is 0 Å². The van der Waals surface area contributed by atoms with Crippen LogP contribution in [0, 0.1) is 0 Å². The minimum absolute atomic E-state index is 0.0776. The fraction of sp³-hybridized carbons (Fsp3) is 0.161. The average Bonchev–Trinajstić information content (AvgIpc) is 3.60. The normalized spacial score (nSPS) is 17.3. The Balaban J connectivity index is 1.41. The molecule has 1 saturated heterocycles. The lowest BCUT2D eigenvalue weighted by Gasteiger charge is -2.23. The maximum absolute atomic E-state index is 13.6. The first kappa shape index (κ1) is 27.6. The Morgan fingerprint density at radius 2 is 1.86 bits per heavy atom. The van der Waals surface area contributed by atoms with Gasteiger partial charge in [0.1, 0.15) is 31.3 Å². The van der Waals surface area contributed by atoms with E-state index in [1.54, 1.807) is 48.5 Å². The van der Waals surface area contributed by atoms with Crippen molar-refractivity contribution in [3.63, 3.8) is 0 Å². The summed E-state index contributed by atoms with van der Waals surface area (Å²) in [5.41, 5.74) is 1.92. The first-order valence-corrected chi connectivity index (χ1v) is 14.9. The Labute approximate surface area is 250 Å². The first-order chi connectivity index (χ1) is 20.5. The van der Waals surface area contributed by atoms with E-state index in [0.29, 0.717) is 51.7 Å². The van der Waals surface area contributed by atoms with Crippen LogP contribution in [0.3, 0.4) is 0 Å². The van der Waals surface area contributed by atoms with Crippen molar-refractivity contribution in [1.82, 2.24) is 10.2 Å². The van der Waals surface area contributed by atoms with Crippen LogP contribution < -0.4 is 19.1 Å². The molecule has 1 aromatic heterocycles. The van der Waals surface area contributed by atoms with E-state index in [-0.39, 0.29) is 23.1 Å². The summed E-state index contributed by atoms with van der Waals surface area (Å²) in [4.78, 5) is 28.5. The van der Waals surface area contributed by atoms with Crippen molar-refractivity contribution < 1.29 is 28.9 Å². The van der Waals surface area contributed by atoms with E-state index in [1.807, 2.05) is 30.3 Å². The zero-order valence-electron chi connectivity index (χ0n) is 22.3. The van der Waals surface area contributed by atoms with E-state index < -0.39 is 17.7 Å². The molecule has 42 heavy (non-hydrogen) atoms. The van der Waals surface area contributed by atoms with E-state index in [1.165, 1.54) is 28.0 Å². The number of ether oxygens (including phenoxy) is 3. The van der Waals surface area contributed by atoms with Gasteiger partial charge in [-0.2, -0.15) is 0 Å². The quantitative estimate of drug-likeness (QED) is 0.0638. The number of aromatic nitrogens is 2. The summed E-state index contributed by atoms with van der Waals surface area (Å²) >= 11 is 2.69. The van der Waals surface area contributed by atoms with Crippen molar-refractivity contribution in [2.75, 3.05) is 24.7 Å². The number of carbonyl (C=O) groups is 2. The first-order valence-electron chi connectivity index (χ1n) is 13.1. The summed E-state index contributed by atoms with van der Waals surface area (Å²) in [6, 6.07) is 20.9. The van der Waals surface area contributed by atoms with Crippen molar-refractivity contribution in [3.8, 4) is 17.2 Å². The Morgan fingerprint density at radius 1 is 1.05 bits per heavy atom. The van der Waals surface area contributed by atoms with Crippen LogP contribution in [0.1, 0.15) is 22.7 Å². The molecule has 0 radical (unpaired) electrons. The molecule has 4 aromatic rings. The number of amides is 1. The fourth-order valence-electron chi connectivity index (χ4n) is 4.70. The van der Waals surface area contributed by atoms with Gasteiger partial charge in [0.2, 0.25) is 5.13 Å². The number of hydrogen-bond acceptors (Lipinski definition) is 10. The molecule has 2 aliphatic rings. The molecule has 0 bridgehead atoms. The summed E-state index contributed by atoms with van der Waals surface area (Å²) < 4.78 is 17.6. The van der Waals surface area contributed by atoms with Crippen molar-refractivity contribution in [1.29, 1.82) is 0 Å². The predicted molar refractivity (Wildman–Crippen MR) is 160 cm³/mol. The number of aliphatic hydroxyl groups is 1. The van der Waals surface area contributed by atoms with Gasteiger partial charge in [-0.1, -0.05) is 78.2 Å². The number of hydrogen-bond donors (Lipinski definition) is 1. The monoisotopic (exact) mass is 599 g/mol. The van der Waals surface area contributed by atoms with Crippen LogP contribution in [0.15, 0.2) is 95.4 Å². The molecule has 9 nitrogen and oxygen atoms in total. The third-order valence-electron chi connectivity index (χ3n) is 6.61. The third kappa shape index (κ3) is 5.48. The number of carbonyl (C=O) groups excluding carboxylic acids is 2. The van der Waals surface area contributed by atoms with Crippen LogP contribution in [0.25, 0.3) is 5.76 Å². The van der Waals surface area contributed by atoms with Gasteiger partial charge in [0.25, 0.3) is 5.78 Å². The maximum Gasteiger partial charge on any atom is 0.301 e. The molecule has 1 fully saturated rings. The fourth-order valence-corrected chi connectivity index (χ4v) is 6.52. The van der Waals surface area contributed by atoms with Crippen LogP contribution in [0.5, 0.6) is 17.2 Å². The smallest absolute Gasteiger partial charge is 0.301 e. The van der Waals surface area contributed by atoms with Gasteiger partial charge in [-0.3, -0.25) is 14.5 Å². The molecule has 1 atom stereocenters. The minimum atomic E-state index is -0.981. The number of thioether (sulfide) groups is 1. The topological polar surface area (TPSA) is 111 Å². The highest BCUT2D eigenvalue weighted by Crippen LogP contribution is 2.45. The lowest BCUT2D eigenvalue weighted by atomic mass is 9.95. The van der Waals surface area contributed by atoms with Gasteiger partial charge in [0.15, 0.2) is 15.8 Å². The van der Waals surface area contributed by atoms with Crippen molar-refractivity contribution in [3.05, 3.63) is 108 Å². The molecule has 6 rings (SSSR count). The van der Waals surface area contributed by atoms with Crippen LogP contribution >= 0.6 is 23.1 Å². The minimum Gasteiger partial charge on any atom is -0.507 e. The number of ketones is 1. The second-order valence-electron chi connectivity index (χ2n) is 9.32. The summed E-state index contributed by atoms with van der Waals surface area (Å²) in [5, 5.41) is 20.3. The van der Waals surface area contributed by atoms with E-state index in [4.69, 9.17) is 14.2 Å². The molecule has 11 heteroatoms. The lowest BCUT2D eigenvalue weighted by molar-refractivity contribution is -0.132. The molecule has 1 unspecified atom stereocenters. The van der Waals surface area contributed by atoms with Crippen molar-refractivity contribution >= 4 is 45.7 Å². The maximum atomic E-state index is 13.6. The van der Waals surface area contributed by atoms with Gasteiger partial charge in [0.05, 0.1) is 11.6 Å². The molecular formula is C31H25N3O6S2. The molecule has 3 aromatic carbocycles. The summed E-state index contributed by atoms with van der Waals surface area (Å²) in [6.07, 6.45) is 1.62. The van der Waals surface area contributed by atoms with Gasteiger partial charge >= 0.3 is 5.91 Å². The van der Waals surface area contributed by atoms with E-state index in [9.17, 15) is 14.7 Å². The zero-order valence-corrected chi connectivity index (χ0v) is 23.9. The number of benzene rings is 3. The Morgan fingerprint density at radius 3 is 2.67 bits per heavy atom. The molecular weight excluding hydrogens is 574 g/mol. The number of Topliss-reactive ketones (excluding diaryl/α,β-unsaturated/α-hetero) is 1. The lowest BCUT2D eigenvalue weighted by Crippen LogP contribution is -2.29. The summed E-state index contributed by atoms with van der Waals surface area (Å²) in [6.45, 7) is 4.74. The number of nitrogens with zero attached hydrogens (tertiary/aromatic N) is 3. The summed E-state index contributed by atoms with van der Waals surface area (Å²) in [7, 11) is 0. The predicted octanol–water partition coefficient (Wildman–Crippen LogP) is 5.79.